The van der Waals surface area contributed by atoms with Crippen molar-refractivity contribution in [3.05, 3.63) is 112 Å². The Balaban J connectivity index is 1.81. The van der Waals surface area contributed by atoms with Gasteiger partial charge in [-0.05, 0) is 93.8 Å². The molecule has 0 aliphatic heterocycles. The monoisotopic (exact) mass is 555 g/mol. The van der Waals surface area contributed by atoms with Crippen molar-refractivity contribution in [3.8, 4) is 11.1 Å². The van der Waals surface area contributed by atoms with E-state index in [0.717, 1.165) is 23.5 Å². The molecular weight excluding hydrogens is 517 g/mol. The molecule has 1 aliphatic rings. The number of halogens is 2. The van der Waals surface area contributed by atoms with Crippen LogP contribution in [0.2, 0.25) is 10.0 Å². The second kappa shape index (κ2) is 10.0. The SMILES string of the molecule is CC(C)(C)c1ccc(N(c2cc(Cl)cc(Cl)c2)c2ccc3c(c2)C(C)(C)CCC3(C)C)c(-c2ccccc2)c1. The van der Waals surface area contributed by atoms with Crippen LogP contribution in [0.1, 0.15) is 78.0 Å². The Kier molecular flexibility index (Phi) is 7.15. The lowest BCUT2D eigenvalue weighted by Gasteiger charge is -2.42. The number of hydrogen-bond acceptors (Lipinski definition) is 1. The maximum absolute atomic E-state index is 6.60. The smallest absolute Gasteiger partial charge is 0.0540 e. The lowest BCUT2D eigenvalue weighted by atomic mass is 9.63. The van der Waals surface area contributed by atoms with E-state index in [-0.39, 0.29) is 16.2 Å². The van der Waals surface area contributed by atoms with Crippen LogP contribution >= 0.6 is 23.2 Å². The maximum atomic E-state index is 6.60. The number of anilines is 3. The molecule has 0 N–H and O–H groups in total. The Morgan fingerprint density at radius 1 is 0.641 bits per heavy atom. The molecule has 0 unspecified atom stereocenters. The van der Waals surface area contributed by atoms with Gasteiger partial charge in [0.1, 0.15) is 0 Å². The predicted molar refractivity (Wildman–Crippen MR) is 171 cm³/mol. The van der Waals surface area contributed by atoms with Gasteiger partial charge in [0.25, 0.3) is 0 Å². The van der Waals surface area contributed by atoms with Crippen LogP contribution in [0.15, 0.2) is 84.9 Å². The molecule has 1 aliphatic carbocycles. The zero-order valence-corrected chi connectivity index (χ0v) is 25.7. The van der Waals surface area contributed by atoms with Crippen molar-refractivity contribution in [2.75, 3.05) is 4.90 Å². The highest BCUT2D eigenvalue weighted by molar-refractivity contribution is 6.35. The molecule has 0 atom stereocenters. The first-order chi connectivity index (χ1) is 18.3. The van der Waals surface area contributed by atoms with Crippen LogP contribution < -0.4 is 4.90 Å². The molecule has 39 heavy (non-hydrogen) atoms. The largest absolute Gasteiger partial charge is 0.310 e. The van der Waals surface area contributed by atoms with Gasteiger partial charge < -0.3 is 4.90 Å². The number of hydrogen-bond donors (Lipinski definition) is 0. The van der Waals surface area contributed by atoms with Gasteiger partial charge in [-0.1, -0.05) is 114 Å². The van der Waals surface area contributed by atoms with E-state index >= 15 is 0 Å². The van der Waals surface area contributed by atoms with Crippen LogP contribution in [0.5, 0.6) is 0 Å². The lowest BCUT2D eigenvalue weighted by molar-refractivity contribution is 0.332. The summed E-state index contributed by atoms with van der Waals surface area (Å²) in [6.45, 7) is 16.3. The van der Waals surface area contributed by atoms with E-state index in [2.05, 4.69) is 120 Å². The minimum absolute atomic E-state index is 0.0215. The topological polar surface area (TPSA) is 3.24 Å². The van der Waals surface area contributed by atoms with Gasteiger partial charge in [-0.15, -0.1) is 0 Å². The minimum atomic E-state index is 0.0215. The summed E-state index contributed by atoms with van der Waals surface area (Å²) in [4.78, 5) is 2.32. The summed E-state index contributed by atoms with van der Waals surface area (Å²) in [7, 11) is 0. The van der Waals surface area contributed by atoms with Crippen LogP contribution in [0.3, 0.4) is 0 Å². The Morgan fingerprint density at radius 3 is 1.87 bits per heavy atom. The molecule has 0 amide bonds. The van der Waals surface area contributed by atoms with Gasteiger partial charge in [-0.25, -0.2) is 0 Å². The average Bonchev–Trinajstić information content (AvgIpc) is 2.87. The molecule has 3 heteroatoms. The number of fused-ring (bicyclic) bond motifs is 1. The van der Waals surface area contributed by atoms with Crippen molar-refractivity contribution in [1.29, 1.82) is 0 Å². The number of rotatable bonds is 4. The predicted octanol–water partition coefficient (Wildman–Crippen LogP) is 11.8. The molecule has 0 radical (unpaired) electrons. The molecule has 5 rings (SSSR count). The molecule has 0 fully saturated rings. The lowest BCUT2D eigenvalue weighted by Crippen LogP contribution is -2.34. The zero-order chi connectivity index (χ0) is 28.2. The zero-order valence-electron chi connectivity index (χ0n) is 24.2. The third kappa shape index (κ3) is 5.49. The Morgan fingerprint density at radius 2 is 1.26 bits per heavy atom. The van der Waals surface area contributed by atoms with Crippen molar-refractivity contribution in [2.45, 2.75) is 77.6 Å². The molecule has 1 nitrogen and oxygen atoms in total. The highest BCUT2D eigenvalue weighted by Gasteiger charge is 2.37. The molecule has 0 saturated heterocycles. The molecule has 0 aromatic heterocycles. The van der Waals surface area contributed by atoms with Crippen LogP contribution in [0, 0.1) is 0 Å². The van der Waals surface area contributed by atoms with Gasteiger partial charge in [0.15, 0.2) is 0 Å². The fraction of sp³-hybridized carbons (Fsp3) is 0.333. The van der Waals surface area contributed by atoms with Crippen LogP contribution in [-0.4, -0.2) is 0 Å². The van der Waals surface area contributed by atoms with E-state index < -0.39 is 0 Å². The summed E-state index contributed by atoms with van der Waals surface area (Å²) >= 11 is 13.2. The summed E-state index contributed by atoms with van der Waals surface area (Å²) in [5.74, 6) is 0. The van der Waals surface area contributed by atoms with E-state index in [1.165, 1.54) is 34.2 Å². The van der Waals surface area contributed by atoms with Gasteiger partial charge in [0, 0.05) is 27.0 Å². The third-order valence-electron chi connectivity index (χ3n) is 8.39. The highest BCUT2D eigenvalue weighted by Crippen LogP contribution is 2.49. The van der Waals surface area contributed by atoms with Crippen molar-refractivity contribution >= 4 is 40.3 Å². The summed E-state index contributed by atoms with van der Waals surface area (Å²) < 4.78 is 0. The van der Waals surface area contributed by atoms with E-state index in [1.54, 1.807) is 6.07 Å². The summed E-state index contributed by atoms with van der Waals surface area (Å²) in [5.41, 5.74) is 9.93. The summed E-state index contributed by atoms with van der Waals surface area (Å²) in [6, 6.07) is 30.3. The van der Waals surface area contributed by atoms with Crippen LogP contribution in [0.4, 0.5) is 17.1 Å². The summed E-state index contributed by atoms with van der Waals surface area (Å²) in [5, 5.41) is 1.24. The second-order valence-corrected chi connectivity index (χ2v) is 14.2. The second-order valence-electron chi connectivity index (χ2n) is 13.3. The van der Waals surface area contributed by atoms with Gasteiger partial charge in [-0.2, -0.15) is 0 Å². The summed E-state index contributed by atoms with van der Waals surface area (Å²) in [6.07, 6.45) is 2.35. The number of nitrogens with zero attached hydrogens (tertiary/aromatic N) is 1. The first-order valence-electron chi connectivity index (χ1n) is 13.9. The third-order valence-corrected chi connectivity index (χ3v) is 8.82. The Labute approximate surface area is 244 Å². The Bertz CT molecular complexity index is 1490. The van der Waals surface area contributed by atoms with Gasteiger partial charge >= 0.3 is 0 Å². The van der Waals surface area contributed by atoms with E-state index in [4.69, 9.17) is 23.2 Å². The molecular formula is C36H39Cl2N. The first-order valence-corrected chi connectivity index (χ1v) is 14.6. The van der Waals surface area contributed by atoms with E-state index in [0.29, 0.717) is 10.0 Å². The molecule has 0 bridgehead atoms. The minimum Gasteiger partial charge on any atom is -0.310 e. The van der Waals surface area contributed by atoms with Crippen LogP contribution in [0.25, 0.3) is 11.1 Å². The van der Waals surface area contributed by atoms with Gasteiger partial charge in [0.2, 0.25) is 0 Å². The fourth-order valence-electron chi connectivity index (χ4n) is 5.86. The number of benzene rings is 4. The fourth-order valence-corrected chi connectivity index (χ4v) is 6.37. The highest BCUT2D eigenvalue weighted by atomic mass is 35.5. The van der Waals surface area contributed by atoms with Crippen molar-refractivity contribution in [1.82, 2.24) is 0 Å². The standard InChI is InChI=1S/C36H39Cl2N/c1-34(2,3)25-13-16-33(30(19-25)24-11-9-8-10-12-24)39(29-21-26(37)20-27(38)22-29)28-14-15-31-32(23-28)36(6,7)18-17-35(31,4)5/h8-16,19-23H,17-18H2,1-7H3. The molecule has 4 aromatic carbocycles. The average molecular weight is 557 g/mol. The van der Waals surface area contributed by atoms with Gasteiger partial charge in [-0.3, -0.25) is 0 Å². The normalized spacial score (nSPS) is 16.0. The molecule has 0 saturated carbocycles. The van der Waals surface area contributed by atoms with Crippen LogP contribution in [-0.2, 0) is 16.2 Å². The van der Waals surface area contributed by atoms with Crippen molar-refractivity contribution in [2.24, 2.45) is 0 Å². The molecule has 4 aromatic rings. The molecule has 0 heterocycles. The Hall–Kier alpha value is -2.74. The van der Waals surface area contributed by atoms with Crippen molar-refractivity contribution < 1.29 is 0 Å². The maximum Gasteiger partial charge on any atom is 0.0540 e. The first kappa shape index (κ1) is 27.8. The van der Waals surface area contributed by atoms with E-state index in [9.17, 15) is 0 Å². The van der Waals surface area contributed by atoms with Gasteiger partial charge in [0.05, 0.1) is 5.69 Å². The molecule has 202 valence electrons. The molecule has 0 spiro atoms. The quantitative estimate of drug-likeness (QED) is 0.242. The van der Waals surface area contributed by atoms with E-state index in [1.807, 2.05) is 12.1 Å². The van der Waals surface area contributed by atoms with Crippen molar-refractivity contribution in [3.63, 3.8) is 0 Å².